The lowest BCUT2D eigenvalue weighted by molar-refractivity contribution is -0.144. The van der Waals surface area contributed by atoms with Gasteiger partial charge in [-0.25, -0.2) is 4.79 Å². The van der Waals surface area contributed by atoms with Gasteiger partial charge in [-0.3, -0.25) is 9.48 Å². The molecule has 1 aliphatic rings. The number of nitrogens with zero attached hydrogens (tertiary/aromatic N) is 2. The molecule has 1 N–H and O–H groups in total. The van der Waals surface area contributed by atoms with Crippen molar-refractivity contribution in [2.24, 2.45) is 5.92 Å². The molecular weight excluding hydrogens is 390 g/mol. The Balaban J connectivity index is 1.57. The molecule has 154 valence electrons. The van der Waals surface area contributed by atoms with Crippen molar-refractivity contribution < 1.29 is 14.3 Å². The highest BCUT2D eigenvalue weighted by atomic mass is 35.5. The molecule has 1 heterocycles. The molecule has 1 atom stereocenters. The third-order valence-electron chi connectivity index (χ3n) is 5.16. The molecule has 1 aromatic carbocycles. The maximum Gasteiger partial charge on any atom is 0.331 e. The fourth-order valence-electron chi connectivity index (χ4n) is 3.24. The SMILES string of the molecule is Cc1nn(Cc2ccccc2Cl)c(C)c1/C=C/C(=O)OCC(=O)N[C@@H](C)C1CC1. The summed E-state index contributed by atoms with van der Waals surface area (Å²) in [7, 11) is 0. The van der Waals surface area contributed by atoms with Gasteiger partial charge in [-0.15, -0.1) is 0 Å². The fraction of sp³-hybridized carbons (Fsp3) is 0.409. The summed E-state index contributed by atoms with van der Waals surface area (Å²) in [5.74, 6) is -0.272. The van der Waals surface area contributed by atoms with Crippen LogP contribution in [0.4, 0.5) is 0 Å². The summed E-state index contributed by atoms with van der Waals surface area (Å²) < 4.78 is 6.90. The maximum absolute atomic E-state index is 12.0. The molecule has 1 fully saturated rings. The van der Waals surface area contributed by atoms with Crippen LogP contribution in [0.3, 0.4) is 0 Å². The molecule has 1 saturated carbocycles. The van der Waals surface area contributed by atoms with E-state index >= 15 is 0 Å². The Hall–Kier alpha value is -2.60. The van der Waals surface area contributed by atoms with E-state index in [4.69, 9.17) is 16.3 Å². The number of ether oxygens (including phenoxy) is 1. The number of carbonyl (C=O) groups excluding carboxylic acids is 2. The number of hydrogen-bond acceptors (Lipinski definition) is 4. The van der Waals surface area contributed by atoms with E-state index in [1.807, 2.05) is 49.7 Å². The zero-order valence-electron chi connectivity index (χ0n) is 16.9. The Bertz CT molecular complexity index is 931. The number of amides is 1. The number of hydrogen-bond donors (Lipinski definition) is 1. The van der Waals surface area contributed by atoms with Crippen molar-refractivity contribution in [2.75, 3.05) is 6.61 Å². The second-order valence-corrected chi connectivity index (χ2v) is 7.88. The van der Waals surface area contributed by atoms with Gasteiger partial charge in [-0.05, 0) is 57.2 Å². The third kappa shape index (κ3) is 5.70. The van der Waals surface area contributed by atoms with Gasteiger partial charge in [-0.1, -0.05) is 29.8 Å². The smallest absolute Gasteiger partial charge is 0.331 e. The first kappa shape index (κ1) is 21.1. The van der Waals surface area contributed by atoms with E-state index in [1.165, 1.54) is 6.08 Å². The Kier molecular flexibility index (Phi) is 6.75. The van der Waals surface area contributed by atoms with Gasteiger partial charge in [0, 0.05) is 28.4 Å². The van der Waals surface area contributed by atoms with E-state index in [0.29, 0.717) is 17.5 Å². The summed E-state index contributed by atoms with van der Waals surface area (Å²) >= 11 is 6.24. The number of nitrogens with one attached hydrogen (secondary N) is 1. The molecule has 0 unspecified atom stereocenters. The average molecular weight is 416 g/mol. The van der Waals surface area contributed by atoms with Crippen LogP contribution in [0, 0.1) is 19.8 Å². The molecule has 2 aromatic rings. The minimum atomic E-state index is -0.558. The van der Waals surface area contributed by atoms with Crippen LogP contribution in [0.2, 0.25) is 5.02 Å². The second-order valence-electron chi connectivity index (χ2n) is 7.47. The van der Waals surface area contributed by atoms with Crippen molar-refractivity contribution in [2.45, 2.75) is 46.2 Å². The zero-order valence-corrected chi connectivity index (χ0v) is 17.7. The van der Waals surface area contributed by atoms with Gasteiger partial charge in [-0.2, -0.15) is 5.10 Å². The third-order valence-corrected chi connectivity index (χ3v) is 5.53. The highest BCUT2D eigenvalue weighted by Gasteiger charge is 2.28. The number of aryl methyl sites for hydroxylation is 1. The lowest BCUT2D eigenvalue weighted by Crippen LogP contribution is -2.36. The number of benzene rings is 1. The summed E-state index contributed by atoms with van der Waals surface area (Å²) in [5, 5.41) is 8.09. The van der Waals surface area contributed by atoms with Crippen LogP contribution in [0.25, 0.3) is 6.08 Å². The number of rotatable bonds is 8. The molecule has 0 saturated heterocycles. The molecule has 6 nitrogen and oxygen atoms in total. The molecule has 0 aliphatic heterocycles. The average Bonchev–Trinajstić information content (AvgIpc) is 3.49. The fourth-order valence-corrected chi connectivity index (χ4v) is 3.44. The van der Waals surface area contributed by atoms with E-state index in [-0.39, 0.29) is 18.6 Å². The zero-order chi connectivity index (χ0) is 21.0. The molecule has 0 radical (unpaired) electrons. The molecule has 1 aromatic heterocycles. The molecule has 7 heteroatoms. The lowest BCUT2D eigenvalue weighted by atomic mass is 10.1. The number of aromatic nitrogens is 2. The van der Waals surface area contributed by atoms with Gasteiger partial charge in [0.15, 0.2) is 6.61 Å². The molecule has 0 bridgehead atoms. The van der Waals surface area contributed by atoms with Crippen molar-refractivity contribution in [3.63, 3.8) is 0 Å². The molecular formula is C22H26ClN3O3. The van der Waals surface area contributed by atoms with E-state index in [1.54, 1.807) is 6.08 Å². The molecule has 1 amide bonds. The minimum Gasteiger partial charge on any atom is -0.452 e. The highest BCUT2D eigenvalue weighted by Crippen LogP contribution is 2.32. The van der Waals surface area contributed by atoms with Gasteiger partial charge >= 0.3 is 5.97 Å². The highest BCUT2D eigenvalue weighted by molar-refractivity contribution is 6.31. The van der Waals surface area contributed by atoms with Crippen molar-refractivity contribution >= 4 is 29.6 Å². The normalized spacial score (nSPS) is 14.8. The van der Waals surface area contributed by atoms with Gasteiger partial charge in [0.1, 0.15) is 0 Å². The Labute approximate surface area is 175 Å². The molecule has 29 heavy (non-hydrogen) atoms. The maximum atomic E-state index is 12.0. The molecule has 1 aliphatic carbocycles. The van der Waals surface area contributed by atoms with Crippen LogP contribution in [0.5, 0.6) is 0 Å². The van der Waals surface area contributed by atoms with E-state index in [0.717, 1.165) is 35.4 Å². The van der Waals surface area contributed by atoms with Crippen LogP contribution in [-0.2, 0) is 20.9 Å². The van der Waals surface area contributed by atoms with Gasteiger partial charge in [0.2, 0.25) is 0 Å². The summed E-state index contributed by atoms with van der Waals surface area (Å²) in [6.07, 6.45) is 5.29. The quantitative estimate of drug-likeness (QED) is 0.527. The molecule has 0 spiro atoms. The summed E-state index contributed by atoms with van der Waals surface area (Å²) in [6, 6.07) is 7.76. The summed E-state index contributed by atoms with van der Waals surface area (Å²) in [6.45, 7) is 6.07. The van der Waals surface area contributed by atoms with Gasteiger partial charge in [0.05, 0.1) is 12.2 Å². The first-order valence-electron chi connectivity index (χ1n) is 9.76. The predicted octanol–water partition coefficient (Wildman–Crippen LogP) is 3.67. The second kappa shape index (κ2) is 9.27. The Morgan fingerprint density at radius 2 is 2.07 bits per heavy atom. The van der Waals surface area contributed by atoms with Crippen molar-refractivity contribution in [3.8, 4) is 0 Å². The van der Waals surface area contributed by atoms with Crippen LogP contribution < -0.4 is 5.32 Å². The van der Waals surface area contributed by atoms with Gasteiger partial charge in [0.25, 0.3) is 5.91 Å². The van der Waals surface area contributed by atoms with Crippen molar-refractivity contribution in [1.29, 1.82) is 0 Å². The largest absolute Gasteiger partial charge is 0.452 e. The Morgan fingerprint density at radius 3 is 2.76 bits per heavy atom. The van der Waals surface area contributed by atoms with Crippen molar-refractivity contribution in [1.82, 2.24) is 15.1 Å². The monoisotopic (exact) mass is 415 g/mol. The van der Waals surface area contributed by atoms with E-state index in [9.17, 15) is 9.59 Å². The summed E-state index contributed by atoms with van der Waals surface area (Å²) in [5.41, 5.74) is 3.54. The standard InChI is InChI=1S/C22H26ClN3O3/c1-14(17-8-9-17)24-21(27)13-29-22(28)11-10-19-15(2)25-26(16(19)3)12-18-6-4-5-7-20(18)23/h4-7,10-11,14,17H,8-9,12-13H2,1-3H3,(H,24,27)/b11-10+/t14-/m0/s1. The number of esters is 1. The van der Waals surface area contributed by atoms with Gasteiger partial charge < -0.3 is 10.1 Å². The van der Waals surface area contributed by atoms with Crippen LogP contribution in [0.15, 0.2) is 30.3 Å². The first-order chi connectivity index (χ1) is 13.8. The number of carbonyl (C=O) groups is 2. The lowest BCUT2D eigenvalue weighted by Gasteiger charge is -2.12. The minimum absolute atomic E-state index is 0.131. The first-order valence-corrected chi connectivity index (χ1v) is 10.1. The topological polar surface area (TPSA) is 73.2 Å². The van der Waals surface area contributed by atoms with Crippen LogP contribution in [-0.4, -0.2) is 34.3 Å². The van der Waals surface area contributed by atoms with Crippen LogP contribution in [0.1, 0.15) is 42.3 Å². The summed E-state index contributed by atoms with van der Waals surface area (Å²) in [4.78, 5) is 23.8. The van der Waals surface area contributed by atoms with Crippen molar-refractivity contribution in [3.05, 3.63) is 57.9 Å². The van der Waals surface area contributed by atoms with Crippen LogP contribution >= 0.6 is 11.6 Å². The predicted molar refractivity (Wildman–Crippen MR) is 113 cm³/mol. The van der Waals surface area contributed by atoms with E-state index < -0.39 is 5.97 Å². The molecule has 3 rings (SSSR count). The van der Waals surface area contributed by atoms with E-state index in [2.05, 4.69) is 10.4 Å². The Morgan fingerprint density at radius 1 is 1.34 bits per heavy atom. The number of halogens is 1.